The average molecular weight is 247 g/mol. The molecule has 86 valence electrons. The van der Waals surface area contributed by atoms with E-state index in [9.17, 15) is 5.02 Å². The van der Waals surface area contributed by atoms with E-state index in [1.165, 1.54) is 0 Å². The lowest BCUT2D eigenvalue weighted by Gasteiger charge is -2.10. The summed E-state index contributed by atoms with van der Waals surface area (Å²) < 4.78 is 5.41. The molecular formula is C13H12BClO2. The van der Waals surface area contributed by atoms with Gasteiger partial charge in [-0.05, 0) is 30.1 Å². The fourth-order valence-electron chi connectivity index (χ4n) is 1.46. The van der Waals surface area contributed by atoms with Crippen LogP contribution in [-0.4, -0.2) is 12.1 Å². The van der Waals surface area contributed by atoms with E-state index >= 15 is 0 Å². The molecule has 2 aromatic carbocycles. The van der Waals surface area contributed by atoms with E-state index in [0.29, 0.717) is 16.2 Å². The van der Waals surface area contributed by atoms with Crippen LogP contribution in [0.2, 0.25) is 5.02 Å². The SMILES string of the molecule is Cc1ccc(OB(O)c2ccccc2)cc1Cl. The molecule has 0 saturated carbocycles. The molecule has 0 aliphatic rings. The third kappa shape index (κ3) is 3.02. The third-order valence-corrected chi connectivity index (χ3v) is 2.88. The van der Waals surface area contributed by atoms with Crippen molar-refractivity contribution in [2.45, 2.75) is 6.92 Å². The minimum absolute atomic E-state index is 0.553. The molecule has 17 heavy (non-hydrogen) atoms. The summed E-state index contributed by atoms with van der Waals surface area (Å²) in [6, 6.07) is 14.5. The van der Waals surface area contributed by atoms with E-state index in [1.54, 1.807) is 24.3 Å². The fourth-order valence-corrected chi connectivity index (χ4v) is 1.63. The maximum atomic E-state index is 9.87. The predicted molar refractivity (Wildman–Crippen MR) is 70.9 cm³/mol. The van der Waals surface area contributed by atoms with Crippen LogP contribution in [0.15, 0.2) is 48.5 Å². The normalized spacial score (nSPS) is 10.1. The van der Waals surface area contributed by atoms with Gasteiger partial charge in [-0.15, -0.1) is 0 Å². The quantitative estimate of drug-likeness (QED) is 0.843. The van der Waals surface area contributed by atoms with Crippen LogP contribution in [0.3, 0.4) is 0 Å². The Morgan fingerprint density at radius 1 is 1.12 bits per heavy atom. The van der Waals surface area contributed by atoms with Gasteiger partial charge in [0.1, 0.15) is 5.75 Å². The van der Waals surface area contributed by atoms with Crippen molar-refractivity contribution in [2.75, 3.05) is 0 Å². The highest BCUT2D eigenvalue weighted by molar-refractivity contribution is 6.60. The maximum absolute atomic E-state index is 9.87. The highest BCUT2D eigenvalue weighted by Gasteiger charge is 2.18. The molecule has 2 nitrogen and oxygen atoms in total. The Morgan fingerprint density at radius 3 is 2.47 bits per heavy atom. The van der Waals surface area contributed by atoms with Gasteiger partial charge in [0.05, 0.1) is 0 Å². The van der Waals surface area contributed by atoms with Crippen molar-refractivity contribution in [1.29, 1.82) is 0 Å². The molecule has 2 rings (SSSR count). The molecule has 2 aromatic rings. The molecule has 0 unspecified atom stereocenters. The summed E-state index contributed by atoms with van der Waals surface area (Å²) in [5.41, 5.74) is 1.69. The van der Waals surface area contributed by atoms with E-state index in [1.807, 2.05) is 31.2 Å². The van der Waals surface area contributed by atoms with E-state index in [4.69, 9.17) is 16.3 Å². The van der Waals surface area contributed by atoms with Gasteiger partial charge >= 0.3 is 7.12 Å². The van der Waals surface area contributed by atoms with Gasteiger partial charge in [-0.25, -0.2) is 0 Å². The predicted octanol–water partition coefficient (Wildman–Crippen LogP) is 2.41. The second-order valence-corrected chi connectivity index (χ2v) is 4.20. The largest absolute Gasteiger partial charge is 0.560 e. The van der Waals surface area contributed by atoms with Gasteiger partial charge in [-0.2, -0.15) is 0 Å². The molecular weight excluding hydrogens is 234 g/mol. The third-order valence-electron chi connectivity index (χ3n) is 2.48. The van der Waals surface area contributed by atoms with Crippen LogP contribution in [-0.2, 0) is 0 Å². The van der Waals surface area contributed by atoms with Crippen molar-refractivity contribution >= 4 is 24.2 Å². The molecule has 0 saturated heterocycles. The fraction of sp³-hybridized carbons (Fsp3) is 0.0769. The van der Waals surface area contributed by atoms with Crippen LogP contribution >= 0.6 is 11.6 Å². The van der Waals surface area contributed by atoms with Gasteiger partial charge in [0, 0.05) is 5.02 Å². The second kappa shape index (κ2) is 5.26. The topological polar surface area (TPSA) is 29.5 Å². The molecule has 0 aliphatic carbocycles. The molecule has 0 heterocycles. The van der Waals surface area contributed by atoms with Crippen LogP contribution in [0.25, 0.3) is 0 Å². The van der Waals surface area contributed by atoms with Crippen molar-refractivity contribution in [3.63, 3.8) is 0 Å². The maximum Gasteiger partial charge on any atom is 0.560 e. The first-order valence-electron chi connectivity index (χ1n) is 5.32. The second-order valence-electron chi connectivity index (χ2n) is 3.79. The van der Waals surface area contributed by atoms with Gasteiger partial charge in [-0.1, -0.05) is 48.0 Å². The highest BCUT2D eigenvalue weighted by Crippen LogP contribution is 2.21. The number of benzene rings is 2. The number of halogens is 1. The van der Waals surface area contributed by atoms with E-state index in [0.717, 1.165) is 5.56 Å². The Balaban J connectivity index is 2.13. The van der Waals surface area contributed by atoms with Crippen LogP contribution in [0, 0.1) is 6.92 Å². The Bertz CT molecular complexity index is 502. The van der Waals surface area contributed by atoms with Gasteiger partial charge in [0.2, 0.25) is 0 Å². The molecule has 0 aromatic heterocycles. The summed E-state index contributed by atoms with van der Waals surface area (Å²) in [5.74, 6) is 0.553. The summed E-state index contributed by atoms with van der Waals surface area (Å²) in [6.45, 7) is 1.92. The summed E-state index contributed by atoms with van der Waals surface area (Å²) >= 11 is 5.98. The Morgan fingerprint density at radius 2 is 1.82 bits per heavy atom. The zero-order valence-electron chi connectivity index (χ0n) is 9.43. The summed E-state index contributed by atoms with van der Waals surface area (Å²) in [6.07, 6.45) is 0. The van der Waals surface area contributed by atoms with Crippen LogP contribution in [0.5, 0.6) is 5.75 Å². The van der Waals surface area contributed by atoms with Crippen LogP contribution in [0.4, 0.5) is 0 Å². The van der Waals surface area contributed by atoms with E-state index < -0.39 is 7.12 Å². The summed E-state index contributed by atoms with van der Waals surface area (Å²) in [5, 5.41) is 10.5. The lowest BCUT2D eigenvalue weighted by atomic mass is 9.79. The van der Waals surface area contributed by atoms with Crippen molar-refractivity contribution < 1.29 is 9.68 Å². The van der Waals surface area contributed by atoms with Gasteiger partial charge in [-0.3, -0.25) is 0 Å². The number of rotatable bonds is 3. The van der Waals surface area contributed by atoms with E-state index in [-0.39, 0.29) is 0 Å². The Kier molecular flexibility index (Phi) is 3.72. The number of hydrogen-bond donors (Lipinski definition) is 1. The Labute approximate surface area is 106 Å². The molecule has 0 radical (unpaired) electrons. The van der Waals surface area contributed by atoms with Crippen LogP contribution < -0.4 is 10.1 Å². The van der Waals surface area contributed by atoms with Crippen molar-refractivity contribution in [3.8, 4) is 5.75 Å². The average Bonchev–Trinajstić information content (AvgIpc) is 2.35. The first-order chi connectivity index (χ1) is 8.16. The molecule has 0 fully saturated rings. The van der Waals surface area contributed by atoms with Crippen molar-refractivity contribution in [1.82, 2.24) is 0 Å². The highest BCUT2D eigenvalue weighted by atomic mass is 35.5. The number of aryl methyl sites for hydroxylation is 1. The van der Waals surface area contributed by atoms with E-state index in [2.05, 4.69) is 0 Å². The summed E-state index contributed by atoms with van der Waals surface area (Å²) in [4.78, 5) is 0. The monoisotopic (exact) mass is 246 g/mol. The standard InChI is InChI=1S/C13H12BClO2/c1-10-7-8-12(9-13(10)15)17-14(16)11-5-3-2-4-6-11/h2-9,16H,1H3. The lowest BCUT2D eigenvalue weighted by Crippen LogP contribution is -2.36. The van der Waals surface area contributed by atoms with Crippen molar-refractivity contribution in [3.05, 3.63) is 59.1 Å². The Hall–Kier alpha value is -1.45. The molecule has 0 atom stereocenters. The molecule has 0 bridgehead atoms. The number of hydrogen-bond acceptors (Lipinski definition) is 2. The molecule has 0 amide bonds. The lowest BCUT2D eigenvalue weighted by molar-refractivity contribution is 0.432. The minimum Gasteiger partial charge on any atom is -0.532 e. The van der Waals surface area contributed by atoms with Gasteiger partial charge in [0.15, 0.2) is 0 Å². The molecule has 4 heteroatoms. The summed E-state index contributed by atoms with van der Waals surface area (Å²) in [7, 11) is -0.977. The first kappa shape index (κ1) is 12.0. The first-order valence-corrected chi connectivity index (χ1v) is 5.70. The minimum atomic E-state index is -0.977. The van der Waals surface area contributed by atoms with Gasteiger partial charge in [0.25, 0.3) is 0 Å². The zero-order valence-corrected chi connectivity index (χ0v) is 10.2. The van der Waals surface area contributed by atoms with Gasteiger partial charge < -0.3 is 9.68 Å². The molecule has 0 spiro atoms. The molecule has 0 aliphatic heterocycles. The molecule has 1 N–H and O–H groups in total. The zero-order chi connectivity index (χ0) is 12.3. The van der Waals surface area contributed by atoms with Crippen LogP contribution in [0.1, 0.15) is 5.56 Å². The van der Waals surface area contributed by atoms with Crippen molar-refractivity contribution in [2.24, 2.45) is 0 Å². The smallest absolute Gasteiger partial charge is 0.532 e.